The molecule has 0 saturated carbocycles. The number of carbonyl (C=O) groups excluding carboxylic acids is 3. The Hall–Kier alpha value is -3.58. The Kier molecular flexibility index (Phi) is 8.84. The number of ketones is 1. The Morgan fingerprint density at radius 1 is 0.889 bits per heavy atom. The van der Waals surface area contributed by atoms with E-state index in [1.54, 1.807) is 23.1 Å². The molecule has 4 heterocycles. The maximum atomic E-state index is 14.7. The van der Waals surface area contributed by atoms with Gasteiger partial charge in [-0.2, -0.15) is 4.31 Å². The fraction of sp³-hybridized carbons (Fsp3) is 0.485. The van der Waals surface area contributed by atoms with Crippen molar-refractivity contribution in [1.29, 1.82) is 0 Å². The lowest BCUT2D eigenvalue weighted by Crippen LogP contribution is -2.54. The number of unbranched alkanes of at least 4 members (excludes halogenated alkanes) is 1. The zero-order valence-corrected chi connectivity index (χ0v) is 26.4. The summed E-state index contributed by atoms with van der Waals surface area (Å²) >= 11 is 0. The number of nitrogens with zero attached hydrogens (tertiary/aromatic N) is 4. The van der Waals surface area contributed by atoms with E-state index in [4.69, 9.17) is 4.74 Å². The molecule has 0 aromatic heterocycles. The molecule has 0 bridgehead atoms. The van der Waals surface area contributed by atoms with Gasteiger partial charge in [-0.25, -0.2) is 8.42 Å². The monoisotopic (exact) mass is 636 g/mol. The predicted molar refractivity (Wildman–Crippen MR) is 168 cm³/mol. The van der Waals surface area contributed by atoms with Crippen LogP contribution >= 0.6 is 0 Å². The van der Waals surface area contributed by atoms with E-state index < -0.39 is 38.9 Å². The lowest BCUT2D eigenvalue weighted by molar-refractivity contribution is -0.144. The SMILES string of the molecule is CCCCN1C(=O)C2(/C(=C(/O)c3ccc(S(=O)(=O)N4CCCCC4)cc3)C(=O)C(=O)N2CCN2CCOCC2)c2ccccc21. The summed E-state index contributed by atoms with van der Waals surface area (Å²) in [5, 5.41) is 11.8. The molecule has 1 unspecified atom stereocenters. The summed E-state index contributed by atoms with van der Waals surface area (Å²) in [6, 6.07) is 12.8. The number of carbonyl (C=O) groups is 3. The van der Waals surface area contributed by atoms with Gasteiger partial charge in [0.05, 0.1) is 29.4 Å². The molecule has 0 radical (unpaired) electrons. The van der Waals surface area contributed by atoms with Gasteiger partial charge in [-0.1, -0.05) is 38.0 Å². The molecule has 0 aliphatic carbocycles. The summed E-state index contributed by atoms with van der Waals surface area (Å²) in [6.07, 6.45) is 4.13. The van der Waals surface area contributed by atoms with Crippen LogP contribution < -0.4 is 4.90 Å². The largest absolute Gasteiger partial charge is 0.507 e. The van der Waals surface area contributed by atoms with Gasteiger partial charge in [0, 0.05) is 56.9 Å². The summed E-state index contributed by atoms with van der Waals surface area (Å²) in [7, 11) is -3.73. The van der Waals surface area contributed by atoms with Crippen LogP contribution in [0.1, 0.15) is 50.2 Å². The third-order valence-corrected chi connectivity index (χ3v) is 11.3. The average Bonchev–Trinajstić information content (AvgIpc) is 3.45. The first-order chi connectivity index (χ1) is 21.7. The van der Waals surface area contributed by atoms with Crippen molar-refractivity contribution in [1.82, 2.24) is 14.1 Å². The normalized spacial score (nSPS) is 24.2. The highest BCUT2D eigenvalue weighted by molar-refractivity contribution is 7.89. The quantitative estimate of drug-likeness (QED) is 0.253. The molecule has 1 N–H and O–H groups in total. The summed E-state index contributed by atoms with van der Waals surface area (Å²) in [5.74, 6) is -2.76. The number of piperidine rings is 1. The Morgan fingerprint density at radius 3 is 2.27 bits per heavy atom. The lowest BCUT2D eigenvalue weighted by Gasteiger charge is -2.36. The van der Waals surface area contributed by atoms with Crippen LogP contribution in [0.25, 0.3) is 5.76 Å². The number of Topliss-reactive ketones (excluding diaryl/α,β-unsaturated/α-hetero) is 1. The van der Waals surface area contributed by atoms with Crippen molar-refractivity contribution in [3.05, 3.63) is 65.2 Å². The van der Waals surface area contributed by atoms with Crippen molar-refractivity contribution in [3.63, 3.8) is 0 Å². The van der Waals surface area contributed by atoms with Gasteiger partial charge in [0.2, 0.25) is 10.0 Å². The molecule has 1 atom stereocenters. The van der Waals surface area contributed by atoms with Crippen LogP contribution in [0.4, 0.5) is 5.69 Å². The minimum Gasteiger partial charge on any atom is -0.507 e. The number of aliphatic hydroxyl groups excluding tert-OH is 1. The topological polar surface area (TPSA) is 128 Å². The second-order valence-electron chi connectivity index (χ2n) is 12.0. The highest BCUT2D eigenvalue weighted by Gasteiger charge is 2.67. The summed E-state index contributed by atoms with van der Waals surface area (Å²) < 4.78 is 33.4. The second kappa shape index (κ2) is 12.7. The molecule has 45 heavy (non-hydrogen) atoms. The molecule has 6 rings (SSSR count). The Morgan fingerprint density at radius 2 is 1.58 bits per heavy atom. The lowest BCUT2D eigenvalue weighted by atomic mass is 9.82. The van der Waals surface area contributed by atoms with Crippen LogP contribution in [0, 0.1) is 0 Å². The highest BCUT2D eigenvalue weighted by Crippen LogP contribution is 2.53. The van der Waals surface area contributed by atoms with Crippen molar-refractivity contribution in [2.45, 2.75) is 49.5 Å². The third-order valence-electron chi connectivity index (χ3n) is 9.37. The fourth-order valence-corrected chi connectivity index (χ4v) is 8.47. The smallest absolute Gasteiger partial charge is 0.296 e. The number of benzene rings is 2. The van der Waals surface area contributed by atoms with Gasteiger partial charge in [0.25, 0.3) is 17.6 Å². The van der Waals surface area contributed by atoms with Crippen LogP contribution in [-0.4, -0.2) is 104 Å². The number of anilines is 1. The highest BCUT2D eigenvalue weighted by atomic mass is 32.2. The van der Waals surface area contributed by atoms with Gasteiger partial charge in [-0.15, -0.1) is 0 Å². The van der Waals surface area contributed by atoms with E-state index in [1.165, 1.54) is 33.5 Å². The number of fused-ring (bicyclic) bond motifs is 2. The van der Waals surface area contributed by atoms with Crippen LogP contribution in [0.3, 0.4) is 0 Å². The van der Waals surface area contributed by atoms with E-state index in [2.05, 4.69) is 4.90 Å². The zero-order valence-electron chi connectivity index (χ0n) is 25.6. The second-order valence-corrected chi connectivity index (χ2v) is 13.9. The molecule has 2 amide bonds. The molecule has 240 valence electrons. The number of hydrogen-bond donors (Lipinski definition) is 1. The standard InChI is InChI=1S/C33H40N4O7S/c1-2-3-17-36-27-10-6-5-9-26(27)33(32(36)41)28(30(39)31(40)37(33)19-18-34-20-22-44-23-21-34)29(38)24-11-13-25(14-12-24)45(42,43)35-15-7-4-8-16-35/h5-6,9-14,38H,2-4,7-8,15-23H2,1H3/b29-28+. The minimum atomic E-state index is -3.73. The summed E-state index contributed by atoms with van der Waals surface area (Å²) in [5.41, 5.74) is -0.929. The molecule has 1 spiro atoms. The number of sulfonamides is 1. The maximum absolute atomic E-state index is 14.7. The Labute approximate surface area is 264 Å². The van der Waals surface area contributed by atoms with E-state index in [-0.39, 0.29) is 22.6 Å². The first-order valence-corrected chi connectivity index (χ1v) is 17.3. The van der Waals surface area contributed by atoms with Crippen LogP contribution in [-0.2, 0) is 34.7 Å². The minimum absolute atomic E-state index is 0.0784. The average molecular weight is 637 g/mol. The van der Waals surface area contributed by atoms with Gasteiger partial charge in [0.1, 0.15) is 5.76 Å². The molecule has 12 heteroatoms. The number of amides is 2. The van der Waals surface area contributed by atoms with Crippen molar-refractivity contribution < 1.29 is 32.6 Å². The molecular weight excluding hydrogens is 596 g/mol. The number of ether oxygens (including phenoxy) is 1. The van der Waals surface area contributed by atoms with E-state index in [9.17, 15) is 27.9 Å². The third kappa shape index (κ3) is 5.27. The van der Waals surface area contributed by atoms with Gasteiger partial charge in [-0.3, -0.25) is 19.3 Å². The van der Waals surface area contributed by atoms with Crippen molar-refractivity contribution in [2.75, 3.05) is 63.9 Å². The molecule has 2 aromatic carbocycles. The molecule has 3 saturated heterocycles. The molecule has 2 aromatic rings. The van der Waals surface area contributed by atoms with Crippen molar-refractivity contribution in [2.24, 2.45) is 0 Å². The Balaban J connectivity index is 1.46. The maximum Gasteiger partial charge on any atom is 0.296 e. The van der Waals surface area contributed by atoms with Crippen molar-refractivity contribution >= 4 is 39.1 Å². The molecule has 3 fully saturated rings. The number of aliphatic hydroxyl groups is 1. The van der Waals surface area contributed by atoms with Crippen LogP contribution in [0.5, 0.6) is 0 Å². The van der Waals surface area contributed by atoms with Gasteiger partial charge < -0.3 is 19.6 Å². The van der Waals surface area contributed by atoms with E-state index in [1.807, 2.05) is 13.0 Å². The van der Waals surface area contributed by atoms with E-state index >= 15 is 0 Å². The molecule has 4 aliphatic rings. The van der Waals surface area contributed by atoms with Crippen LogP contribution in [0.15, 0.2) is 59.0 Å². The molecule has 11 nitrogen and oxygen atoms in total. The van der Waals surface area contributed by atoms with E-state index in [0.29, 0.717) is 70.2 Å². The predicted octanol–water partition coefficient (Wildman–Crippen LogP) is 2.92. The van der Waals surface area contributed by atoms with Gasteiger partial charge in [0.15, 0.2) is 5.54 Å². The van der Waals surface area contributed by atoms with E-state index in [0.717, 1.165) is 25.7 Å². The number of para-hydroxylation sites is 1. The fourth-order valence-electron chi connectivity index (χ4n) is 6.95. The zero-order chi connectivity index (χ0) is 31.8. The summed E-state index contributed by atoms with van der Waals surface area (Å²) in [6.45, 7) is 6.27. The van der Waals surface area contributed by atoms with Crippen LogP contribution in [0.2, 0.25) is 0 Å². The number of likely N-dealkylation sites (tertiary alicyclic amines) is 1. The first kappa shape index (κ1) is 31.4. The molecular formula is C33H40N4O7S. The van der Waals surface area contributed by atoms with Gasteiger partial charge in [-0.05, 0) is 49.6 Å². The number of morpholine rings is 1. The van der Waals surface area contributed by atoms with Crippen molar-refractivity contribution in [3.8, 4) is 0 Å². The number of rotatable bonds is 9. The first-order valence-electron chi connectivity index (χ1n) is 15.8. The summed E-state index contributed by atoms with van der Waals surface area (Å²) in [4.78, 5) is 47.6. The Bertz CT molecular complexity index is 1610. The number of hydrogen-bond acceptors (Lipinski definition) is 8. The van der Waals surface area contributed by atoms with Gasteiger partial charge >= 0.3 is 0 Å². The molecule has 4 aliphatic heterocycles.